The van der Waals surface area contributed by atoms with E-state index in [0.29, 0.717) is 33.8 Å². The lowest BCUT2D eigenvalue weighted by molar-refractivity contribution is -0.113. The van der Waals surface area contributed by atoms with Gasteiger partial charge < -0.3 is 19.4 Å². The number of hydrogen-bond acceptors (Lipinski definition) is 8. The Morgan fingerprint density at radius 3 is 2.68 bits per heavy atom. The van der Waals surface area contributed by atoms with Gasteiger partial charge in [-0.2, -0.15) is 0 Å². The lowest BCUT2D eigenvalue weighted by Crippen LogP contribution is -2.16. The molecular weight excluding hydrogens is 544 g/mol. The Balaban J connectivity index is 1.31. The number of ether oxygens (including phenoxy) is 2. The Morgan fingerprint density at radius 2 is 1.95 bits per heavy atom. The van der Waals surface area contributed by atoms with Crippen LogP contribution in [0.3, 0.4) is 0 Å². The number of benzene rings is 2. The Bertz CT molecular complexity index is 1420. The molecule has 0 atom stereocenters. The maximum Gasteiger partial charge on any atom is 0.341 e. The predicted molar refractivity (Wildman–Crippen MR) is 151 cm³/mol. The second-order valence-electron chi connectivity index (χ2n) is 8.37. The third-order valence-electron chi connectivity index (χ3n) is 5.71. The quantitative estimate of drug-likeness (QED) is 0.133. The topological polar surface area (TPSA) is 95.3 Å². The molecular formula is C27H27ClN4O4S2. The Morgan fingerprint density at radius 1 is 1.16 bits per heavy atom. The molecule has 2 aromatic carbocycles. The number of nitrogens with zero attached hydrogens (tertiary/aromatic N) is 3. The van der Waals surface area contributed by atoms with Crippen LogP contribution in [-0.4, -0.2) is 46.1 Å². The van der Waals surface area contributed by atoms with Crippen molar-refractivity contribution >= 4 is 51.6 Å². The van der Waals surface area contributed by atoms with Gasteiger partial charge in [-0.25, -0.2) is 4.79 Å². The van der Waals surface area contributed by atoms with Gasteiger partial charge >= 0.3 is 5.97 Å². The third-order valence-corrected chi connectivity index (χ3v) is 7.87. The molecule has 0 aliphatic carbocycles. The first-order valence-corrected chi connectivity index (χ1v) is 14.1. The summed E-state index contributed by atoms with van der Waals surface area (Å²) in [4.78, 5) is 25.3. The zero-order valence-electron chi connectivity index (χ0n) is 21.2. The van der Waals surface area contributed by atoms with E-state index in [9.17, 15) is 9.59 Å². The highest BCUT2D eigenvalue weighted by Gasteiger charge is 2.22. The van der Waals surface area contributed by atoms with E-state index in [1.165, 1.54) is 30.2 Å². The molecule has 0 bridgehead atoms. The van der Waals surface area contributed by atoms with E-state index in [1.807, 2.05) is 72.4 Å². The maximum atomic E-state index is 12.7. The van der Waals surface area contributed by atoms with Gasteiger partial charge in [0.05, 0.1) is 19.5 Å². The van der Waals surface area contributed by atoms with Crippen LogP contribution < -0.4 is 10.1 Å². The Kier molecular flexibility index (Phi) is 9.43. The average molecular weight is 571 g/mol. The minimum absolute atomic E-state index is 0.115. The fourth-order valence-corrected chi connectivity index (χ4v) is 5.68. The van der Waals surface area contributed by atoms with Crippen molar-refractivity contribution in [2.45, 2.75) is 24.9 Å². The SMILES string of the molecule is COC(=O)c1c(-c2ccccc2)csc1NC(=O)CSc1nnc(CCCOc2ccc(Cl)cc2C)n1C. The molecule has 0 aliphatic heterocycles. The van der Waals surface area contributed by atoms with Crippen molar-refractivity contribution in [3.8, 4) is 16.9 Å². The normalized spacial score (nSPS) is 10.8. The van der Waals surface area contributed by atoms with E-state index >= 15 is 0 Å². The first kappa shape index (κ1) is 27.7. The highest BCUT2D eigenvalue weighted by atomic mass is 35.5. The van der Waals surface area contributed by atoms with E-state index in [4.69, 9.17) is 21.1 Å². The number of amides is 1. The number of aryl methyl sites for hydroxylation is 2. The zero-order valence-corrected chi connectivity index (χ0v) is 23.6. The molecule has 0 spiro atoms. The number of carbonyl (C=O) groups is 2. The Hall–Kier alpha value is -3.34. The first-order valence-electron chi connectivity index (χ1n) is 11.8. The summed E-state index contributed by atoms with van der Waals surface area (Å²) < 4.78 is 12.7. The van der Waals surface area contributed by atoms with Crippen molar-refractivity contribution in [2.75, 3.05) is 24.8 Å². The van der Waals surface area contributed by atoms with E-state index in [0.717, 1.165) is 34.7 Å². The van der Waals surface area contributed by atoms with Crippen LogP contribution >= 0.6 is 34.7 Å². The third kappa shape index (κ3) is 6.75. The van der Waals surface area contributed by atoms with Gasteiger partial charge in [-0.3, -0.25) is 4.79 Å². The number of aromatic nitrogens is 3. The predicted octanol–water partition coefficient (Wildman–Crippen LogP) is 6.03. The van der Waals surface area contributed by atoms with Gasteiger partial charge in [0.25, 0.3) is 0 Å². The maximum absolute atomic E-state index is 12.7. The fourth-order valence-electron chi connectivity index (χ4n) is 3.75. The molecule has 0 aliphatic rings. The van der Waals surface area contributed by atoms with E-state index in [-0.39, 0.29) is 11.7 Å². The summed E-state index contributed by atoms with van der Waals surface area (Å²) in [6, 6.07) is 15.1. The number of hydrogen-bond donors (Lipinski definition) is 1. The molecule has 2 heterocycles. The first-order chi connectivity index (χ1) is 18.4. The lowest BCUT2D eigenvalue weighted by atomic mass is 10.0. The van der Waals surface area contributed by atoms with Gasteiger partial charge in [0, 0.05) is 29.4 Å². The zero-order chi connectivity index (χ0) is 27.1. The van der Waals surface area contributed by atoms with Gasteiger partial charge in [0.15, 0.2) is 5.16 Å². The monoisotopic (exact) mass is 570 g/mol. The number of thiophene rings is 1. The Labute approximate surface area is 234 Å². The number of rotatable bonds is 11. The molecule has 198 valence electrons. The number of anilines is 1. The molecule has 0 fully saturated rings. The number of methoxy groups -OCH3 is 1. The van der Waals surface area contributed by atoms with Crippen LogP contribution in [0.15, 0.2) is 59.1 Å². The van der Waals surface area contributed by atoms with Crippen molar-refractivity contribution < 1.29 is 19.1 Å². The molecule has 0 saturated carbocycles. The molecule has 1 amide bonds. The van der Waals surface area contributed by atoms with Gasteiger partial charge in [-0.05, 0) is 42.7 Å². The second kappa shape index (κ2) is 12.9. The molecule has 0 radical (unpaired) electrons. The fraction of sp³-hybridized carbons (Fsp3) is 0.259. The van der Waals surface area contributed by atoms with E-state index in [2.05, 4.69) is 15.5 Å². The summed E-state index contributed by atoms with van der Waals surface area (Å²) in [6.07, 6.45) is 1.44. The van der Waals surface area contributed by atoms with Crippen LogP contribution in [0, 0.1) is 6.92 Å². The number of carbonyl (C=O) groups excluding carboxylic acids is 2. The van der Waals surface area contributed by atoms with Crippen molar-refractivity contribution in [1.29, 1.82) is 0 Å². The minimum atomic E-state index is -0.499. The van der Waals surface area contributed by atoms with E-state index < -0.39 is 5.97 Å². The number of nitrogens with one attached hydrogen (secondary N) is 1. The highest BCUT2D eigenvalue weighted by molar-refractivity contribution is 7.99. The molecule has 8 nitrogen and oxygen atoms in total. The molecule has 11 heteroatoms. The molecule has 1 N–H and O–H groups in total. The molecule has 4 aromatic rings. The van der Waals surface area contributed by atoms with Crippen LogP contribution in [-0.2, 0) is 23.0 Å². The molecule has 4 rings (SSSR count). The van der Waals surface area contributed by atoms with Crippen molar-refractivity contribution in [2.24, 2.45) is 7.05 Å². The largest absolute Gasteiger partial charge is 0.493 e. The summed E-state index contributed by atoms with van der Waals surface area (Å²) in [7, 11) is 3.20. The van der Waals surface area contributed by atoms with Crippen LogP contribution in [0.4, 0.5) is 5.00 Å². The van der Waals surface area contributed by atoms with Crippen molar-refractivity contribution in [3.05, 3.63) is 75.9 Å². The molecule has 38 heavy (non-hydrogen) atoms. The highest BCUT2D eigenvalue weighted by Crippen LogP contribution is 2.36. The van der Waals surface area contributed by atoms with Crippen LogP contribution in [0.1, 0.15) is 28.2 Å². The van der Waals surface area contributed by atoms with Crippen LogP contribution in [0.2, 0.25) is 5.02 Å². The molecule has 0 saturated heterocycles. The summed E-state index contributed by atoms with van der Waals surface area (Å²) in [5, 5.41) is 15.0. The van der Waals surface area contributed by atoms with Gasteiger partial charge in [0.1, 0.15) is 22.1 Å². The summed E-state index contributed by atoms with van der Waals surface area (Å²) >= 11 is 8.56. The van der Waals surface area contributed by atoms with Crippen molar-refractivity contribution in [1.82, 2.24) is 14.8 Å². The van der Waals surface area contributed by atoms with Crippen LogP contribution in [0.5, 0.6) is 5.75 Å². The smallest absolute Gasteiger partial charge is 0.341 e. The number of esters is 1. The summed E-state index contributed by atoms with van der Waals surface area (Å²) in [6.45, 7) is 2.50. The summed E-state index contributed by atoms with van der Waals surface area (Å²) in [5.41, 5.74) is 2.93. The average Bonchev–Trinajstić information content (AvgIpc) is 3.49. The molecule has 2 aromatic heterocycles. The lowest BCUT2D eigenvalue weighted by Gasteiger charge is -2.09. The number of thioether (sulfide) groups is 1. The van der Waals surface area contributed by atoms with Gasteiger partial charge in [-0.1, -0.05) is 53.7 Å². The van der Waals surface area contributed by atoms with Crippen LogP contribution in [0.25, 0.3) is 11.1 Å². The minimum Gasteiger partial charge on any atom is -0.493 e. The van der Waals surface area contributed by atoms with E-state index in [1.54, 1.807) is 0 Å². The van der Waals surface area contributed by atoms with Gasteiger partial charge in [0.2, 0.25) is 5.91 Å². The standard InChI is InChI=1S/C27H27ClN4O4S2/c1-17-14-19(28)11-12-21(17)36-13-7-10-22-30-31-27(32(22)2)38-16-23(33)29-25-24(26(34)35-3)20(15-37-25)18-8-5-4-6-9-18/h4-6,8-9,11-12,14-15H,7,10,13,16H2,1-3H3,(H,29,33). The second-order valence-corrected chi connectivity index (χ2v) is 10.6. The number of halogens is 1. The summed E-state index contributed by atoms with van der Waals surface area (Å²) in [5.74, 6) is 0.984. The molecule has 0 unspecified atom stereocenters. The van der Waals surface area contributed by atoms with Crippen molar-refractivity contribution in [3.63, 3.8) is 0 Å². The van der Waals surface area contributed by atoms with Gasteiger partial charge in [-0.15, -0.1) is 21.5 Å².